The van der Waals surface area contributed by atoms with Crippen LogP contribution in [0, 0.1) is 19.7 Å². The fourth-order valence-electron chi connectivity index (χ4n) is 4.28. The standard InChI is InChI=1S/C25H28FN3O4S/c1-17-23(18(2)29(27-17)21-12-13-34(31,32)16-21)14-28(3)25(30)22-6-4-5-7-24(22)33-15-19-8-10-20(26)11-9-19/h4-11,21H,12-16H2,1-3H3/t21-/m0/s1. The summed E-state index contributed by atoms with van der Waals surface area (Å²) in [4.78, 5) is 14.9. The van der Waals surface area contributed by atoms with Crippen molar-refractivity contribution in [2.45, 2.75) is 39.5 Å². The van der Waals surface area contributed by atoms with Crippen molar-refractivity contribution in [2.24, 2.45) is 0 Å². The molecule has 2 heterocycles. The highest BCUT2D eigenvalue weighted by molar-refractivity contribution is 7.91. The Morgan fingerprint density at radius 2 is 1.88 bits per heavy atom. The maximum absolute atomic E-state index is 13.3. The number of carbonyl (C=O) groups excluding carboxylic acids is 1. The lowest BCUT2D eigenvalue weighted by Gasteiger charge is -2.20. The van der Waals surface area contributed by atoms with Gasteiger partial charge in [-0.25, -0.2) is 12.8 Å². The van der Waals surface area contributed by atoms with Gasteiger partial charge in [0.15, 0.2) is 9.84 Å². The van der Waals surface area contributed by atoms with Crippen molar-refractivity contribution >= 4 is 15.7 Å². The third-order valence-corrected chi connectivity index (χ3v) is 7.95. The van der Waals surface area contributed by atoms with Gasteiger partial charge in [-0.2, -0.15) is 5.10 Å². The topological polar surface area (TPSA) is 81.5 Å². The van der Waals surface area contributed by atoms with E-state index in [0.29, 0.717) is 24.3 Å². The van der Waals surface area contributed by atoms with E-state index in [-0.39, 0.29) is 35.9 Å². The number of hydrogen-bond acceptors (Lipinski definition) is 5. The molecule has 1 saturated heterocycles. The molecule has 1 aliphatic rings. The number of carbonyl (C=O) groups is 1. The number of aryl methyl sites for hydroxylation is 1. The van der Waals surface area contributed by atoms with E-state index in [9.17, 15) is 17.6 Å². The lowest BCUT2D eigenvalue weighted by molar-refractivity contribution is 0.0779. The van der Waals surface area contributed by atoms with Crippen LogP contribution in [0.4, 0.5) is 4.39 Å². The Kier molecular flexibility index (Phi) is 6.74. The normalized spacial score (nSPS) is 17.0. The monoisotopic (exact) mass is 485 g/mol. The number of amides is 1. The van der Waals surface area contributed by atoms with E-state index in [1.54, 1.807) is 53.0 Å². The number of sulfone groups is 1. The second-order valence-corrected chi connectivity index (χ2v) is 11.0. The molecule has 0 aliphatic carbocycles. The Morgan fingerprint density at radius 1 is 1.18 bits per heavy atom. The van der Waals surface area contributed by atoms with Gasteiger partial charge in [0.25, 0.3) is 5.91 Å². The SMILES string of the molecule is Cc1nn([C@H]2CCS(=O)(=O)C2)c(C)c1CN(C)C(=O)c1ccccc1OCc1ccc(F)cc1. The number of halogens is 1. The second kappa shape index (κ2) is 9.58. The summed E-state index contributed by atoms with van der Waals surface area (Å²) >= 11 is 0. The van der Waals surface area contributed by atoms with Gasteiger partial charge in [-0.15, -0.1) is 0 Å². The number of benzene rings is 2. The van der Waals surface area contributed by atoms with E-state index in [2.05, 4.69) is 5.10 Å². The number of aromatic nitrogens is 2. The fourth-order valence-corrected chi connectivity index (χ4v) is 5.97. The van der Waals surface area contributed by atoms with Crippen molar-refractivity contribution in [2.75, 3.05) is 18.6 Å². The summed E-state index contributed by atoms with van der Waals surface area (Å²) in [6, 6.07) is 12.9. The van der Waals surface area contributed by atoms with Gasteiger partial charge in [0.05, 0.1) is 28.8 Å². The van der Waals surface area contributed by atoms with Crippen molar-refractivity contribution in [3.8, 4) is 5.75 Å². The van der Waals surface area contributed by atoms with Crippen LogP contribution in [0.3, 0.4) is 0 Å². The summed E-state index contributed by atoms with van der Waals surface area (Å²) < 4.78 is 44.6. The summed E-state index contributed by atoms with van der Waals surface area (Å²) in [6.07, 6.45) is 0.553. The molecule has 0 N–H and O–H groups in total. The molecule has 1 aromatic heterocycles. The first-order valence-corrected chi connectivity index (χ1v) is 12.9. The van der Waals surface area contributed by atoms with Crippen LogP contribution in [0.15, 0.2) is 48.5 Å². The first-order chi connectivity index (χ1) is 16.1. The maximum atomic E-state index is 13.3. The van der Waals surface area contributed by atoms with Crippen LogP contribution in [0.1, 0.15) is 45.3 Å². The lowest BCUT2D eigenvalue weighted by atomic mass is 10.1. The molecular formula is C25H28FN3O4S. The quantitative estimate of drug-likeness (QED) is 0.508. The predicted molar refractivity (Wildman–Crippen MR) is 127 cm³/mol. The second-order valence-electron chi connectivity index (χ2n) is 8.72. The van der Waals surface area contributed by atoms with E-state index in [4.69, 9.17) is 4.74 Å². The van der Waals surface area contributed by atoms with Crippen LogP contribution < -0.4 is 4.74 Å². The zero-order valence-electron chi connectivity index (χ0n) is 19.5. The van der Waals surface area contributed by atoms with Crippen LogP contribution in [0.2, 0.25) is 0 Å². The van der Waals surface area contributed by atoms with Gasteiger partial charge in [-0.3, -0.25) is 9.48 Å². The first kappa shape index (κ1) is 23.9. The van der Waals surface area contributed by atoms with Gasteiger partial charge in [0.2, 0.25) is 0 Å². The Morgan fingerprint density at radius 3 is 2.56 bits per heavy atom. The van der Waals surface area contributed by atoms with Crippen LogP contribution in [-0.4, -0.2) is 47.6 Å². The van der Waals surface area contributed by atoms with E-state index in [1.165, 1.54) is 12.1 Å². The summed E-state index contributed by atoms with van der Waals surface area (Å²) in [5.74, 6) is 0.207. The number of rotatable bonds is 7. The minimum atomic E-state index is -3.03. The highest BCUT2D eigenvalue weighted by Gasteiger charge is 2.31. The molecule has 0 unspecified atom stereocenters. The lowest BCUT2D eigenvalue weighted by Crippen LogP contribution is -2.27. The molecule has 2 aromatic carbocycles. The van der Waals surface area contributed by atoms with Crippen LogP contribution in [0.25, 0.3) is 0 Å². The van der Waals surface area contributed by atoms with E-state index < -0.39 is 9.84 Å². The molecule has 180 valence electrons. The third kappa shape index (κ3) is 5.14. The summed E-state index contributed by atoms with van der Waals surface area (Å²) in [5, 5.41) is 4.59. The molecular weight excluding hydrogens is 457 g/mol. The maximum Gasteiger partial charge on any atom is 0.257 e. The highest BCUT2D eigenvalue weighted by atomic mass is 32.2. The Bertz CT molecular complexity index is 1300. The number of ether oxygens (including phenoxy) is 1. The van der Waals surface area contributed by atoms with Crippen LogP contribution in [-0.2, 0) is 23.0 Å². The largest absolute Gasteiger partial charge is 0.488 e. The average molecular weight is 486 g/mol. The summed E-state index contributed by atoms with van der Waals surface area (Å²) in [5.41, 5.74) is 3.79. The van der Waals surface area contributed by atoms with Crippen molar-refractivity contribution in [1.82, 2.24) is 14.7 Å². The zero-order chi connectivity index (χ0) is 24.5. The molecule has 4 rings (SSSR count). The van der Waals surface area contributed by atoms with Gasteiger partial charge >= 0.3 is 0 Å². The molecule has 0 saturated carbocycles. The smallest absolute Gasteiger partial charge is 0.257 e. The molecule has 1 fully saturated rings. The minimum Gasteiger partial charge on any atom is -0.488 e. The third-order valence-electron chi connectivity index (χ3n) is 6.20. The first-order valence-electron chi connectivity index (χ1n) is 11.1. The molecule has 34 heavy (non-hydrogen) atoms. The molecule has 0 radical (unpaired) electrons. The van der Waals surface area contributed by atoms with Gasteiger partial charge in [-0.1, -0.05) is 24.3 Å². The molecule has 9 heteroatoms. The van der Waals surface area contributed by atoms with E-state index >= 15 is 0 Å². The molecule has 0 spiro atoms. The molecule has 1 amide bonds. The Labute approximate surface area is 199 Å². The minimum absolute atomic E-state index is 0.0991. The number of hydrogen-bond donors (Lipinski definition) is 0. The predicted octanol–water partition coefficient (Wildman–Crippen LogP) is 3.85. The number of para-hydroxylation sites is 1. The highest BCUT2D eigenvalue weighted by Crippen LogP contribution is 2.28. The fraction of sp³-hybridized carbons (Fsp3) is 0.360. The van der Waals surface area contributed by atoms with Crippen LogP contribution in [0.5, 0.6) is 5.75 Å². The summed E-state index contributed by atoms with van der Waals surface area (Å²) in [7, 11) is -1.31. The molecule has 0 bridgehead atoms. The van der Waals surface area contributed by atoms with E-state index in [0.717, 1.165) is 22.5 Å². The average Bonchev–Trinajstić information content (AvgIpc) is 3.31. The Hall–Kier alpha value is -3.20. The van der Waals surface area contributed by atoms with E-state index in [1.807, 2.05) is 13.8 Å². The Balaban J connectivity index is 1.49. The van der Waals surface area contributed by atoms with Gasteiger partial charge in [0, 0.05) is 24.8 Å². The van der Waals surface area contributed by atoms with Crippen LogP contribution >= 0.6 is 0 Å². The number of nitrogens with zero attached hydrogens (tertiary/aromatic N) is 3. The van der Waals surface area contributed by atoms with Crippen molar-refractivity contribution in [1.29, 1.82) is 0 Å². The van der Waals surface area contributed by atoms with Gasteiger partial charge in [0.1, 0.15) is 18.2 Å². The summed E-state index contributed by atoms with van der Waals surface area (Å²) in [6.45, 7) is 4.34. The van der Waals surface area contributed by atoms with Gasteiger partial charge in [-0.05, 0) is 50.1 Å². The van der Waals surface area contributed by atoms with Gasteiger partial charge < -0.3 is 9.64 Å². The molecule has 1 atom stereocenters. The van der Waals surface area contributed by atoms with Crippen molar-refractivity contribution < 1.29 is 22.3 Å². The van der Waals surface area contributed by atoms with Crippen molar-refractivity contribution in [3.05, 3.63) is 82.4 Å². The molecule has 7 nitrogen and oxygen atoms in total. The zero-order valence-corrected chi connectivity index (χ0v) is 20.3. The molecule has 1 aliphatic heterocycles. The molecule has 3 aromatic rings. The van der Waals surface area contributed by atoms with Crippen molar-refractivity contribution in [3.63, 3.8) is 0 Å².